The zero-order chi connectivity index (χ0) is 37.9. The lowest BCUT2D eigenvalue weighted by Crippen LogP contribution is -2.57. The highest BCUT2D eigenvalue weighted by atomic mass is 19.4. The number of hydrogen-bond acceptors (Lipinski definition) is 7. The van der Waals surface area contributed by atoms with Crippen molar-refractivity contribution in [2.45, 2.75) is 101 Å². The predicted molar refractivity (Wildman–Crippen MR) is 180 cm³/mol. The van der Waals surface area contributed by atoms with Gasteiger partial charge in [-0.25, -0.2) is 28.3 Å². The Kier molecular flexibility index (Phi) is 9.54. The molecule has 11 nitrogen and oxygen atoms in total. The van der Waals surface area contributed by atoms with E-state index in [1.807, 2.05) is 6.92 Å². The number of benzene rings is 1. The molecule has 4 fully saturated rings. The highest BCUT2D eigenvalue weighted by molar-refractivity contribution is 6.00. The molecule has 2 N–H and O–H groups in total. The number of halogens is 5. The fourth-order valence-corrected chi connectivity index (χ4v) is 9.13. The molecule has 4 aliphatic rings. The Morgan fingerprint density at radius 1 is 1.04 bits per heavy atom. The highest BCUT2D eigenvalue weighted by Crippen LogP contribution is 2.51. The molecule has 53 heavy (non-hydrogen) atoms. The molecule has 16 heteroatoms. The van der Waals surface area contributed by atoms with Crippen LogP contribution in [0, 0.1) is 17.8 Å². The minimum Gasteiger partial charge on any atom is -0.490 e. The first kappa shape index (κ1) is 36.8. The third kappa shape index (κ3) is 7.12. The summed E-state index contributed by atoms with van der Waals surface area (Å²) in [5, 5.41) is 13.2. The summed E-state index contributed by atoms with van der Waals surface area (Å²) in [5.74, 6) is -5.32. The van der Waals surface area contributed by atoms with Gasteiger partial charge in [0.2, 0.25) is 5.92 Å². The Balaban J connectivity index is 1.22. The average Bonchev–Trinajstić information content (AvgIpc) is 3.61. The smallest absolute Gasteiger partial charge is 0.434 e. The number of nitrogens with one attached hydrogen (secondary N) is 1. The minimum atomic E-state index is -5.10. The van der Waals surface area contributed by atoms with Crippen LogP contribution in [0.3, 0.4) is 0 Å². The second-order valence-electron chi connectivity index (χ2n) is 15.3. The molecule has 0 radical (unpaired) electrons. The van der Waals surface area contributed by atoms with Crippen LogP contribution >= 0.6 is 0 Å². The van der Waals surface area contributed by atoms with E-state index in [0.717, 1.165) is 12.6 Å². The third-order valence-corrected chi connectivity index (χ3v) is 11.7. The zero-order valence-corrected chi connectivity index (χ0v) is 29.4. The zero-order valence-electron chi connectivity index (χ0n) is 29.4. The van der Waals surface area contributed by atoms with Gasteiger partial charge in [0.05, 0.1) is 18.2 Å². The Hall–Kier alpha value is -4.50. The van der Waals surface area contributed by atoms with Gasteiger partial charge in [0.15, 0.2) is 11.5 Å². The van der Waals surface area contributed by atoms with Gasteiger partial charge in [-0.05, 0) is 68.4 Å². The Morgan fingerprint density at radius 3 is 2.42 bits per heavy atom. The molecule has 3 aromatic rings. The number of likely N-dealkylation sites (tertiary alicyclic amines) is 1. The fourth-order valence-electron chi connectivity index (χ4n) is 9.13. The van der Waals surface area contributed by atoms with Gasteiger partial charge in [0, 0.05) is 74.2 Å². The van der Waals surface area contributed by atoms with Crippen molar-refractivity contribution >= 4 is 28.9 Å². The van der Waals surface area contributed by atoms with Crippen molar-refractivity contribution in [3.63, 3.8) is 0 Å². The number of carboxylic acids is 1. The van der Waals surface area contributed by atoms with Crippen molar-refractivity contribution in [2.24, 2.45) is 17.8 Å². The van der Waals surface area contributed by atoms with Gasteiger partial charge in [0.1, 0.15) is 17.4 Å². The van der Waals surface area contributed by atoms with Crippen molar-refractivity contribution in [1.82, 2.24) is 24.8 Å². The summed E-state index contributed by atoms with van der Waals surface area (Å²) in [7, 11) is 1.31. The van der Waals surface area contributed by atoms with Crippen LogP contribution in [-0.4, -0.2) is 80.3 Å². The molecular weight excluding hydrogens is 705 g/mol. The predicted octanol–water partition coefficient (Wildman–Crippen LogP) is 7.49. The quantitative estimate of drug-likeness (QED) is 0.238. The van der Waals surface area contributed by atoms with Crippen LogP contribution in [0.5, 0.6) is 5.75 Å². The van der Waals surface area contributed by atoms with E-state index in [0.29, 0.717) is 55.4 Å². The van der Waals surface area contributed by atoms with Gasteiger partial charge in [0.25, 0.3) is 5.91 Å². The molecule has 3 heterocycles. The first-order valence-electron chi connectivity index (χ1n) is 18.1. The number of rotatable bonds is 7. The first-order chi connectivity index (χ1) is 25.1. The summed E-state index contributed by atoms with van der Waals surface area (Å²) in [6.07, 6.45) is -0.733. The lowest BCUT2D eigenvalue weighted by Gasteiger charge is -2.33. The number of amides is 2. The van der Waals surface area contributed by atoms with Gasteiger partial charge < -0.3 is 29.4 Å². The molecule has 3 aliphatic carbocycles. The number of piperidine rings is 1. The van der Waals surface area contributed by atoms with Crippen molar-refractivity contribution in [3.8, 4) is 17.1 Å². The molecule has 0 spiro atoms. The molecule has 7 rings (SSSR count). The summed E-state index contributed by atoms with van der Waals surface area (Å²) in [6.45, 7) is 2.86. The van der Waals surface area contributed by atoms with Gasteiger partial charge in [-0.3, -0.25) is 4.79 Å². The van der Waals surface area contributed by atoms with Crippen molar-refractivity contribution in [3.05, 3.63) is 41.9 Å². The number of carbonyl (C=O) groups is 3. The number of carboxylic acid groups (broad SMARTS) is 1. The largest absolute Gasteiger partial charge is 0.490 e. The van der Waals surface area contributed by atoms with Crippen LogP contribution in [0.2, 0.25) is 0 Å². The van der Waals surface area contributed by atoms with Crippen molar-refractivity contribution in [1.29, 1.82) is 0 Å². The summed E-state index contributed by atoms with van der Waals surface area (Å²) in [4.78, 5) is 47.8. The van der Waals surface area contributed by atoms with E-state index >= 15 is 0 Å². The van der Waals surface area contributed by atoms with Crippen LogP contribution in [0.15, 0.2) is 30.6 Å². The number of nitrogens with zero attached hydrogens (tertiary/aromatic N) is 4. The molecular formula is C37H42F5N5O6. The Morgan fingerprint density at radius 2 is 1.75 bits per heavy atom. The van der Waals surface area contributed by atoms with E-state index in [2.05, 4.69) is 15.3 Å². The Bertz CT molecular complexity index is 1900. The lowest BCUT2D eigenvalue weighted by atomic mass is 9.78. The van der Waals surface area contributed by atoms with Gasteiger partial charge in [-0.15, -0.1) is 0 Å². The van der Waals surface area contributed by atoms with Gasteiger partial charge >= 0.3 is 18.2 Å². The fraction of sp³-hybridized carbons (Fsp3) is 0.595. The maximum Gasteiger partial charge on any atom is 0.434 e. The third-order valence-electron chi connectivity index (χ3n) is 11.7. The number of fused-ring (bicyclic) bond motifs is 3. The average molecular weight is 748 g/mol. The molecule has 1 aliphatic heterocycles. The van der Waals surface area contributed by atoms with E-state index in [1.165, 1.54) is 7.11 Å². The number of ether oxygens (including phenoxy) is 2. The summed E-state index contributed by atoms with van der Waals surface area (Å²) >= 11 is 0. The second kappa shape index (κ2) is 13.7. The van der Waals surface area contributed by atoms with Crippen LogP contribution < -0.4 is 10.1 Å². The summed E-state index contributed by atoms with van der Waals surface area (Å²) in [6, 6.07) is 4.64. The summed E-state index contributed by atoms with van der Waals surface area (Å²) < 4.78 is 85.2. The van der Waals surface area contributed by atoms with Crippen LogP contribution in [0.1, 0.15) is 93.2 Å². The number of carbonyl (C=O) groups excluding carboxylic acids is 2. The molecule has 2 amide bonds. The van der Waals surface area contributed by atoms with E-state index in [1.54, 1.807) is 33.9 Å². The second-order valence-corrected chi connectivity index (χ2v) is 15.3. The summed E-state index contributed by atoms with van der Waals surface area (Å²) in [5.41, 5.74) is -3.36. The number of methoxy groups -OCH3 is 1. The molecule has 3 saturated carbocycles. The molecule has 2 aromatic heterocycles. The van der Waals surface area contributed by atoms with Crippen LogP contribution in [0.25, 0.3) is 22.3 Å². The number of alkyl halides is 5. The van der Waals surface area contributed by atoms with Crippen LogP contribution in [0.4, 0.5) is 26.7 Å². The number of hydrogen-bond donors (Lipinski definition) is 2. The normalized spacial score (nSPS) is 26.4. The maximum absolute atomic E-state index is 14.7. The molecule has 1 saturated heterocycles. The van der Waals surface area contributed by atoms with E-state index in [-0.39, 0.29) is 61.4 Å². The van der Waals surface area contributed by atoms with Crippen molar-refractivity contribution < 1.29 is 50.9 Å². The van der Waals surface area contributed by atoms with E-state index in [4.69, 9.17) is 9.47 Å². The number of aliphatic carboxylic acids is 1. The molecule has 286 valence electrons. The van der Waals surface area contributed by atoms with Crippen LogP contribution in [-0.2, 0) is 15.7 Å². The van der Waals surface area contributed by atoms with E-state index < -0.39 is 58.8 Å². The van der Waals surface area contributed by atoms with Gasteiger partial charge in [-0.1, -0.05) is 6.92 Å². The first-order valence-corrected chi connectivity index (χ1v) is 18.1. The molecule has 2 bridgehead atoms. The monoisotopic (exact) mass is 747 g/mol. The Labute approximate surface area is 302 Å². The standard InChI is InChI=1S/C37H42F5N5O6/c1-20-13-21-15-22(14-20)36(17-21,33(49)50)45-32(48)27-18-43-31(44-30(27)37(40,41)42)28-19-47(23-5-9-35(38,39)10-6-23)29-16-25(3-4-26(28)29)53-24-7-11-46(12-8-24)34(51)52-2/h3-4,16,18-24H,5-15,17H2,1-2H3,(H,45,48)(H,49,50). The maximum atomic E-state index is 14.7. The number of aromatic nitrogens is 3. The van der Waals surface area contributed by atoms with Gasteiger partial charge in [-0.2, -0.15) is 13.2 Å². The SMILES string of the molecule is COC(=O)N1CCC(Oc2ccc3c(-c4ncc(C(=O)NC5(C(=O)O)CC6CC(C)CC5C6)c(C(F)(F)F)n4)cn(C4CCC(F)(F)CC4)c3c2)CC1. The molecule has 4 atom stereocenters. The molecule has 4 unspecified atom stereocenters. The molecule has 1 aromatic carbocycles. The topological polar surface area (TPSA) is 136 Å². The highest BCUT2D eigenvalue weighted by Gasteiger charge is 2.56. The minimum absolute atomic E-state index is 0.0408. The van der Waals surface area contributed by atoms with Crippen molar-refractivity contribution in [2.75, 3.05) is 20.2 Å². The lowest BCUT2D eigenvalue weighted by molar-refractivity contribution is -0.146. The van der Waals surface area contributed by atoms with E-state index in [9.17, 15) is 41.4 Å².